The standard InChI is InChI=1S/C21H18N6O3/c1-29-13-8-6-12(7-9-13)27-17(22)14-10-11-30-20(14)25-18(27)19(28)26-21-23-15-4-2-3-5-16(15)24-21/h2-11,18H,22H2,1H3,(H2,23,24,26,28). The number of aromatic amines is 1. The average molecular weight is 402 g/mol. The maximum atomic E-state index is 13.2. The largest absolute Gasteiger partial charge is 0.497 e. The Kier molecular flexibility index (Phi) is 4.13. The van der Waals surface area contributed by atoms with Gasteiger partial charge in [-0.15, -0.1) is 0 Å². The number of benzene rings is 2. The third-order valence-electron chi connectivity index (χ3n) is 4.88. The number of nitrogens with two attached hydrogens (primary N) is 1. The van der Waals surface area contributed by atoms with E-state index in [4.69, 9.17) is 14.9 Å². The number of imidazole rings is 1. The Morgan fingerprint density at radius 2 is 2.00 bits per heavy atom. The monoisotopic (exact) mass is 402 g/mol. The summed E-state index contributed by atoms with van der Waals surface area (Å²) in [5.74, 6) is 0.979. The van der Waals surface area contributed by atoms with Crippen molar-refractivity contribution in [2.24, 2.45) is 10.7 Å². The minimum Gasteiger partial charge on any atom is -0.497 e. The fourth-order valence-electron chi connectivity index (χ4n) is 3.42. The van der Waals surface area contributed by atoms with Gasteiger partial charge in [0.25, 0.3) is 5.91 Å². The molecule has 2 aromatic carbocycles. The first-order chi connectivity index (χ1) is 14.6. The van der Waals surface area contributed by atoms with Crippen molar-refractivity contribution in [3.63, 3.8) is 0 Å². The number of carbonyl (C=O) groups is 1. The zero-order valence-electron chi connectivity index (χ0n) is 16.0. The summed E-state index contributed by atoms with van der Waals surface area (Å²) in [5, 5.41) is 3.41. The molecule has 1 atom stereocenters. The molecule has 1 unspecified atom stereocenters. The zero-order valence-corrected chi connectivity index (χ0v) is 16.0. The van der Waals surface area contributed by atoms with Crippen LogP contribution in [0.25, 0.3) is 16.9 Å². The number of fused-ring (bicyclic) bond motifs is 2. The Labute approximate surface area is 170 Å². The van der Waals surface area contributed by atoms with Gasteiger partial charge in [-0.05, 0) is 42.5 Å². The lowest BCUT2D eigenvalue weighted by Crippen LogP contribution is -2.52. The van der Waals surface area contributed by atoms with Crippen LogP contribution in [0.15, 0.2) is 70.3 Å². The van der Waals surface area contributed by atoms with E-state index in [0.717, 1.165) is 11.0 Å². The molecule has 0 fully saturated rings. The van der Waals surface area contributed by atoms with E-state index < -0.39 is 12.1 Å². The lowest BCUT2D eigenvalue weighted by molar-refractivity contribution is -0.117. The molecule has 30 heavy (non-hydrogen) atoms. The van der Waals surface area contributed by atoms with Gasteiger partial charge < -0.3 is 19.9 Å². The summed E-state index contributed by atoms with van der Waals surface area (Å²) in [6.07, 6.45) is 0.512. The molecule has 3 heterocycles. The van der Waals surface area contributed by atoms with Gasteiger partial charge >= 0.3 is 0 Å². The molecule has 9 heteroatoms. The van der Waals surface area contributed by atoms with Crippen molar-refractivity contribution in [1.29, 1.82) is 0 Å². The minimum atomic E-state index is -0.981. The third-order valence-corrected chi connectivity index (χ3v) is 4.88. The van der Waals surface area contributed by atoms with Crippen molar-refractivity contribution in [3.05, 3.63) is 71.6 Å². The summed E-state index contributed by atoms with van der Waals surface area (Å²) >= 11 is 0. The SMILES string of the molecule is COc1ccc(N2C(N)=c3ccoc3=NC2C(=O)Nc2nc3ccccc3[nH]2)cc1. The molecule has 1 aliphatic heterocycles. The van der Waals surface area contributed by atoms with Crippen LogP contribution in [0.1, 0.15) is 0 Å². The second kappa shape index (κ2) is 6.96. The van der Waals surface area contributed by atoms with E-state index in [1.54, 1.807) is 30.2 Å². The van der Waals surface area contributed by atoms with E-state index in [0.29, 0.717) is 34.0 Å². The molecule has 9 nitrogen and oxygen atoms in total. The number of anilines is 2. The number of H-pyrrole nitrogens is 1. The van der Waals surface area contributed by atoms with Crippen LogP contribution < -0.4 is 31.5 Å². The summed E-state index contributed by atoms with van der Waals surface area (Å²) in [5.41, 5.74) is 8.97. The molecule has 1 amide bonds. The first-order valence-electron chi connectivity index (χ1n) is 9.24. The summed E-state index contributed by atoms with van der Waals surface area (Å²) < 4.78 is 10.6. The van der Waals surface area contributed by atoms with Crippen LogP contribution in [-0.2, 0) is 4.79 Å². The normalized spacial score (nSPS) is 15.6. The van der Waals surface area contributed by atoms with Gasteiger partial charge in [0, 0.05) is 5.69 Å². The fourth-order valence-corrected chi connectivity index (χ4v) is 3.42. The number of para-hydroxylation sites is 2. The lowest BCUT2D eigenvalue weighted by atomic mass is 10.2. The molecular formula is C21H18N6O3. The van der Waals surface area contributed by atoms with E-state index in [1.807, 2.05) is 36.4 Å². The maximum absolute atomic E-state index is 13.2. The van der Waals surface area contributed by atoms with E-state index in [-0.39, 0.29) is 0 Å². The summed E-state index contributed by atoms with van der Waals surface area (Å²) in [6, 6.07) is 16.4. The van der Waals surface area contributed by atoms with Gasteiger partial charge in [-0.3, -0.25) is 15.0 Å². The lowest BCUT2D eigenvalue weighted by Gasteiger charge is -2.31. The number of hydrogen-bond acceptors (Lipinski definition) is 7. The maximum Gasteiger partial charge on any atom is 0.272 e. The highest BCUT2D eigenvalue weighted by molar-refractivity contribution is 5.98. The van der Waals surface area contributed by atoms with Crippen molar-refractivity contribution >= 4 is 34.4 Å². The molecule has 0 radical (unpaired) electrons. The Morgan fingerprint density at radius 1 is 1.20 bits per heavy atom. The Balaban J connectivity index is 1.54. The number of aromatic nitrogens is 2. The molecule has 2 aromatic heterocycles. The minimum absolute atomic E-state index is 0.307. The van der Waals surface area contributed by atoms with Gasteiger partial charge in [-0.1, -0.05) is 12.1 Å². The molecule has 0 bridgehead atoms. The molecule has 4 aromatic rings. The molecule has 4 N–H and O–H groups in total. The molecule has 150 valence electrons. The molecule has 0 aliphatic carbocycles. The summed E-state index contributed by atoms with van der Waals surface area (Å²) in [7, 11) is 1.59. The second-order valence-electron chi connectivity index (χ2n) is 6.69. The average Bonchev–Trinajstić information content (AvgIpc) is 3.40. The predicted octanol–water partition coefficient (Wildman–Crippen LogP) is 1.29. The van der Waals surface area contributed by atoms with Crippen molar-refractivity contribution in [2.75, 3.05) is 17.3 Å². The predicted molar refractivity (Wildman–Crippen MR) is 111 cm³/mol. The van der Waals surface area contributed by atoms with E-state index in [1.165, 1.54) is 6.26 Å². The molecule has 1 aliphatic rings. The topological polar surface area (TPSA) is 122 Å². The number of methoxy groups -OCH3 is 1. The first-order valence-corrected chi connectivity index (χ1v) is 9.24. The van der Waals surface area contributed by atoms with E-state index >= 15 is 0 Å². The van der Waals surface area contributed by atoms with Crippen molar-refractivity contribution in [3.8, 4) is 5.75 Å². The summed E-state index contributed by atoms with van der Waals surface area (Å²) in [6.45, 7) is 0. The van der Waals surface area contributed by atoms with Crippen molar-refractivity contribution in [1.82, 2.24) is 9.97 Å². The Morgan fingerprint density at radius 3 is 2.77 bits per heavy atom. The zero-order chi connectivity index (χ0) is 20.7. The number of nitrogens with one attached hydrogen (secondary N) is 2. The van der Waals surface area contributed by atoms with Crippen LogP contribution in [-0.4, -0.2) is 29.2 Å². The van der Waals surface area contributed by atoms with Gasteiger partial charge in [0.05, 0.1) is 29.6 Å². The van der Waals surface area contributed by atoms with Crippen LogP contribution in [0.3, 0.4) is 0 Å². The number of furan rings is 1. The molecule has 0 saturated heterocycles. The van der Waals surface area contributed by atoms with Gasteiger partial charge in [0.2, 0.25) is 17.7 Å². The van der Waals surface area contributed by atoms with Gasteiger partial charge in [0.1, 0.15) is 11.6 Å². The van der Waals surface area contributed by atoms with Gasteiger partial charge in [-0.2, -0.15) is 0 Å². The molecule has 5 rings (SSSR count). The smallest absolute Gasteiger partial charge is 0.272 e. The van der Waals surface area contributed by atoms with Gasteiger partial charge in [0.15, 0.2) is 0 Å². The fraction of sp³-hybridized carbons (Fsp3) is 0.0952. The number of nitrogens with zero attached hydrogens (tertiary/aromatic N) is 3. The van der Waals surface area contributed by atoms with E-state index in [9.17, 15) is 4.79 Å². The van der Waals surface area contributed by atoms with Crippen LogP contribution >= 0.6 is 0 Å². The molecule has 0 spiro atoms. The quantitative estimate of drug-likeness (QED) is 0.473. The third kappa shape index (κ3) is 2.93. The Bertz CT molecular complexity index is 1320. The van der Waals surface area contributed by atoms with Crippen LogP contribution in [0.5, 0.6) is 5.75 Å². The number of hydrogen-bond donors (Lipinski definition) is 3. The van der Waals surface area contributed by atoms with E-state index in [2.05, 4.69) is 20.3 Å². The van der Waals surface area contributed by atoms with Crippen LogP contribution in [0.4, 0.5) is 11.6 Å². The number of carbonyl (C=O) groups excluding carboxylic acids is 1. The summed E-state index contributed by atoms with van der Waals surface area (Å²) in [4.78, 5) is 26.8. The highest BCUT2D eigenvalue weighted by Crippen LogP contribution is 2.25. The molecule has 0 saturated carbocycles. The van der Waals surface area contributed by atoms with Crippen LogP contribution in [0, 0.1) is 0 Å². The first kappa shape index (κ1) is 17.8. The highest BCUT2D eigenvalue weighted by Gasteiger charge is 2.32. The van der Waals surface area contributed by atoms with Gasteiger partial charge in [-0.25, -0.2) is 9.98 Å². The van der Waals surface area contributed by atoms with Crippen molar-refractivity contribution < 1.29 is 13.9 Å². The number of rotatable bonds is 4. The number of amides is 1. The van der Waals surface area contributed by atoms with Crippen LogP contribution in [0.2, 0.25) is 0 Å². The number of ether oxygens (including phenoxy) is 1. The second-order valence-corrected chi connectivity index (χ2v) is 6.69. The molecular weight excluding hydrogens is 384 g/mol. The highest BCUT2D eigenvalue weighted by atomic mass is 16.5. The Hall–Kier alpha value is -4.27. The van der Waals surface area contributed by atoms with Crippen molar-refractivity contribution in [2.45, 2.75) is 6.17 Å².